The molecule has 2 rings (SSSR count). The van der Waals surface area contributed by atoms with Crippen LogP contribution in [0, 0.1) is 6.92 Å². The van der Waals surface area contributed by atoms with Crippen molar-refractivity contribution in [2.45, 2.75) is 13.0 Å². The van der Waals surface area contributed by atoms with Crippen molar-refractivity contribution in [3.8, 4) is 5.75 Å². The highest BCUT2D eigenvalue weighted by Crippen LogP contribution is 2.31. The molecule has 0 bridgehead atoms. The average molecular weight is 350 g/mol. The lowest BCUT2D eigenvalue weighted by Crippen LogP contribution is -2.15. The largest absolute Gasteiger partial charge is 0.491 e. The van der Waals surface area contributed by atoms with Gasteiger partial charge in [-0.1, -0.05) is 40.2 Å². The van der Waals surface area contributed by atoms with E-state index in [1.807, 2.05) is 30.3 Å². The third-order valence-corrected chi connectivity index (χ3v) is 3.87. The van der Waals surface area contributed by atoms with Gasteiger partial charge in [0.15, 0.2) is 0 Å². The molecule has 0 fully saturated rings. The minimum Gasteiger partial charge on any atom is -0.491 e. The van der Waals surface area contributed by atoms with E-state index in [0.29, 0.717) is 13.2 Å². The predicted molar refractivity (Wildman–Crippen MR) is 88.7 cm³/mol. The number of nitrogens with two attached hydrogens (primary N) is 1. The Balaban J connectivity index is 2.30. The molecule has 0 saturated carbocycles. The van der Waals surface area contributed by atoms with E-state index in [1.165, 1.54) is 0 Å². The molecule has 0 saturated heterocycles. The van der Waals surface area contributed by atoms with Crippen LogP contribution in [0.2, 0.25) is 0 Å². The summed E-state index contributed by atoms with van der Waals surface area (Å²) in [5.74, 6) is 0.807. The Kier molecular flexibility index (Phi) is 5.79. The molecule has 0 amide bonds. The van der Waals surface area contributed by atoms with Gasteiger partial charge >= 0.3 is 0 Å². The van der Waals surface area contributed by atoms with Crippen LogP contribution in [0.25, 0.3) is 0 Å². The second-order valence-electron chi connectivity index (χ2n) is 4.86. The predicted octanol–water partition coefficient (Wildman–Crippen LogP) is 3.83. The van der Waals surface area contributed by atoms with Gasteiger partial charge in [-0.15, -0.1) is 0 Å². The van der Waals surface area contributed by atoms with Crippen LogP contribution in [0.3, 0.4) is 0 Å². The Labute approximate surface area is 134 Å². The minimum absolute atomic E-state index is 0.221. The second-order valence-corrected chi connectivity index (χ2v) is 5.77. The number of para-hydroxylation sites is 1. The number of ether oxygens (including phenoxy) is 2. The maximum atomic E-state index is 6.46. The zero-order chi connectivity index (χ0) is 15.2. The molecule has 3 nitrogen and oxygen atoms in total. The zero-order valence-corrected chi connectivity index (χ0v) is 13.9. The highest BCUT2D eigenvalue weighted by Gasteiger charge is 2.16. The van der Waals surface area contributed by atoms with Crippen LogP contribution in [0.15, 0.2) is 46.9 Å². The summed E-state index contributed by atoms with van der Waals surface area (Å²) in [6, 6.07) is 13.8. The van der Waals surface area contributed by atoms with E-state index in [0.717, 1.165) is 26.9 Å². The molecule has 2 N–H and O–H groups in total. The first kappa shape index (κ1) is 16.0. The van der Waals surface area contributed by atoms with E-state index in [4.69, 9.17) is 15.2 Å². The van der Waals surface area contributed by atoms with Crippen LogP contribution in [-0.2, 0) is 4.74 Å². The fourth-order valence-corrected chi connectivity index (χ4v) is 2.60. The van der Waals surface area contributed by atoms with Gasteiger partial charge in [0.25, 0.3) is 0 Å². The number of hydrogen-bond donors (Lipinski definition) is 1. The summed E-state index contributed by atoms with van der Waals surface area (Å²) in [4.78, 5) is 0. The van der Waals surface area contributed by atoms with Gasteiger partial charge in [0.1, 0.15) is 12.4 Å². The Bertz CT molecular complexity index is 601. The first-order valence-electron chi connectivity index (χ1n) is 6.85. The highest BCUT2D eigenvalue weighted by atomic mass is 79.9. The molecule has 4 heteroatoms. The molecular weight excluding hydrogens is 330 g/mol. The Morgan fingerprint density at radius 2 is 1.86 bits per heavy atom. The zero-order valence-electron chi connectivity index (χ0n) is 12.3. The van der Waals surface area contributed by atoms with E-state index in [-0.39, 0.29) is 6.04 Å². The quantitative estimate of drug-likeness (QED) is 0.806. The summed E-state index contributed by atoms with van der Waals surface area (Å²) in [5.41, 5.74) is 9.69. The molecule has 0 radical (unpaired) electrons. The third-order valence-electron chi connectivity index (χ3n) is 3.38. The topological polar surface area (TPSA) is 44.5 Å². The maximum absolute atomic E-state index is 6.46. The second kappa shape index (κ2) is 7.59. The van der Waals surface area contributed by atoms with Crippen LogP contribution in [0.4, 0.5) is 0 Å². The van der Waals surface area contributed by atoms with Crippen molar-refractivity contribution in [2.24, 2.45) is 5.73 Å². The van der Waals surface area contributed by atoms with Crippen molar-refractivity contribution in [1.82, 2.24) is 0 Å². The minimum atomic E-state index is -0.221. The van der Waals surface area contributed by atoms with Gasteiger partial charge in [0.2, 0.25) is 0 Å². The van der Waals surface area contributed by atoms with Crippen LogP contribution < -0.4 is 10.5 Å². The first-order chi connectivity index (χ1) is 10.1. The number of methoxy groups -OCH3 is 1. The summed E-state index contributed by atoms with van der Waals surface area (Å²) in [7, 11) is 1.66. The fourth-order valence-electron chi connectivity index (χ4n) is 2.22. The van der Waals surface area contributed by atoms with Gasteiger partial charge in [-0.3, -0.25) is 0 Å². The SMILES string of the molecule is COCCOc1ccccc1C(N)c1cc(Br)ccc1C. The Morgan fingerprint density at radius 1 is 1.10 bits per heavy atom. The van der Waals surface area contributed by atoms with Crippen molar-refractivity contribution in [2.75, 3.05) is 20.3 Å². The monoisotopic (exact) mass is 349 g/mol. The van der Waals surface area contributed by atoms with E-state index in [9.17, 15) is 0 Å². The van der Waals surface area contributed by atoms with Crippen molar-refractivity contribution in [3.63, 3.8) is 0 Å². The normalized spacial score (nSPS) is 12.2. The molecule has 21 heavy (non-hydrogen) atoms. The third kappa shape index (κ3) is 4.06. The summed E-state index contributed by atoms with van der Waals surface area (Å²) in [6.45, 7) is 3.13. The number of benzene rings is 2. The summed E-state index contributed by atoms with van der Waals surface area (Å²) in [5, 5.41) is 0. The van der Waals surface area contributed by atoms with Crippen molar-refractivity contribution >= 4 is 15.9 Å². The Morgan fingerprint density at radius 3 is 2.62 bits per heavy atom. The lowest BCUT2D eigenvalue weighted by Gasteiger charge is -2.19. The van der Waals surface area contributed by atoms with Crippen LogP contribution in [-0.4, -0.2) is 20.3 Å². The molecule has 2 aromatic rings. The van der Waals surface area contributed by atoms with Gasteiger partial charge < -0.3 is 15.2 Å². The van der Waals surface area contributed by atoms with Gasteiger partial charge in [-0.2, -0.15) is 0 Å². The summed E-state index contributed by atoms with van der Waals surface area (Å²) >= 11 is 3.50. The molecule has 112 valence electrons. The molecule has 0 aliphatic heterocycles. The summed E-state index contributed by atoms with van der Waals surface area (Å²) < 4.78 is 11.8. The van der Waals surface area contributed by atoms with Crippen LogP contribution in [0.1, 0.15) is 22.7 Å². The molecule has 1 atom stereocenters. The molecule has 0 aromatic heterocycles. The molecular formula is C17H20BrNO2. The van der Waals surface area contributed by atoms with Crippen molar-refractivity contribution in [1.29, 1.82) is 0 Å². The number of halogens is 1. The molecule has 0 aliphatic carbocycles. The molecule has 0 spiro atoms. The number of rotatable bonds is 6. The highest BCUT2D eigenvalue weighted by molar-refractivity contribution is 9.10. The first-order valence-corrected chi connectivity index (χ1v) is 7.65. The molecule has 1 unspecified atom stereocenters. The van der Waals surface area contributed by atoms with E-state index < -0.39 is 0 Å². The average Bonchev–Trinajstić information content (AvgIpc) is 2.50. The van der Waals surface area contributed by atoms with E-state index in [1.54, 1.807) is 7.11 Å². The van der Waals surface area contributed by atoms with Crippen LogP contribution >= 0.6 is 15.9 Å². The molecule has 0 heterocycles. The van der Waals surface area contributed by atoms with E-state index in [2.05, 4.69) is 35.0 Å². The molecule has 0 aliphatic rings. The number of aryl methyl sites for hydroxylation is 1. The number of hydrogen-bond acceptors (Lipinski definition) is 3. The van der Waals surface area contributed by atoms with Gasteiger partial charge in [-0.05, 0) is 36.2 Å². The van der Waals surface area contributed by atoms with Crippen LogP contribution in [0.5, 0.6) is 5.75 Å². The van der Waals surface area contributed by atoms with Gasteiger partial charge in [0.05, 0.1) is 12.6 Å². The Hall–Kier alpha value is -1.36. The van der Waals surface area contributed by atoms with Gasteiger partial charge in [-0.25, -0.2) is 0 Å². The summed E-state index contributed by atoms with van der Waals surface area (Å²) in [6.07, 6.45) is 0. The van der Waals surface area contributed by atoms with Crippen molar-refractivity contribution < 1.29 is 9.47 Å². The van der Waals surface area contributed by atoms with E-state index >= 15 is 0 Å². The van der Waals surface area contributed by atoms with Gasteiger partial charge in [0, 0.05) is 17.1 Å². The standard InChI is InChI=1S/C17H20BrNO2/c1-12-7-8-13(18)11-15(12)17(19)14-5-3-4-6-16(14)21-10-9-20-2/h3-8,11,17H,9-10,19H2,1-2H3. The van der Waals surface area contributed by atoms with Crippen molar-refractivity contribution in [3.05, 3.63) is 63.6 Å². The fraction of sp³-hybridized carbons (Fsp3) is 0.294. The smallest absolute Gasteiger partial charge is 0.124 e. The maximum Gasteiger partial charge on any atom is 0.124 e. The molecule has 2 aromatic carbocycles. The lowest BCUT2D eigenvalue weighted by atomic mass is 9.95. The lowest BCUT2D eigenvalue weighted by molar-refractivity contribution is 0.145.